The maximum absolute atomic E-state index is 6.11. The van der Waals surface area contributed by atoms with Gasteiger partial charge in [0.1, 0.15) is 16.6 Å². The number of nitrogens with zero attached hydrogens (tertiary/aromatic N) is 4. The van der Waals surface area contributed by atoms with Crippen molar-refractivity contribution in [2.75, 3.05) is 12.3 Å². The lowest BCUT2D eigenvalue weighted by atomic mass is 10.0. The third-order valence-electron chi connectivity index (χ3n) is 4.55. The Hall–Kier alpha value is -2.21. The van der Waals surface area contributed by atoms with Gasteiger partial charge < -0.3 is 15.0 Å². The number of anilines is 1. The van der Waals surface area contributed by atoms with Crippen molar-refractivity contribution in [3.8, 4) is 0 Å². The van der Waals surface area contributed by atoms with Crippen LogP contribution in [0.15, 0.2) is 18.5 Å². The van der Waals surface area contributed by atoms with Crippen molar-refractivity contribution in [3.05, 3.63) is 24.2 Å². The van der Waals surface area contributed by atoms with E-state index >= 15 is 0 Å². The highest BCUT2D eigenvalue weighted by Gasteiger charge is 2.15. The lowest BCUT2D eigenvalue weighted by molar-refractivity contribution is 0.0750. The number of ether oxygens (including phenoxy) is 1. The fourth-order valence-corrected chi connectivity index (χ4v) is 2.94. The number of pyridine rings is 2. The Morgan fingerprint density at radius 2 is 1.96 bits per heavy atom. The van der Waals surface area contributed by atoms with Gasteiger partial charge in [-0.3, -0.25) is 0 Å². The van der Waals surface area contributed by atoms with Crippen molar-refractivity contribution >= 4 is 27.9 Å². The lowest BCUT2D eigenvalue weighted by Crippen LogP contribution is -2.07. The van der Waals surface area contributed by atoms with E-state index in [4.69, 9.17) is 15.5 Å². The fraction of sp³-hybridized carbons (Fsp3) is 0.526. The molecular formula is C19H27N5O. The Morgan fingerprint density at radius 3 is 2.68 bits per heavy atom. The number of imidazole rings is 1. The standard InChI is InChI=1S/C19H27N5O/c1-5-13(4)14-7-8-15-16(22-14)18-17(19(20)23-15)21-11-24(18)9-6-10-25-12(2)3/h7-8,11-13H,5-6,9-10H2,1-4H3,(H2,20,23). The summed E-state index contributed by atoms with van der Waals surface area (Å²) >= 11 is 0. The number of nitrogens with two attached hydrogens (primary N) is 1. The average Bonchev–Trinajstić information content (AvgIpc) is 3.02. The minimum absolute atomic E-state index is 0.250. The number of hydrogen-bond acceptors (Lipinski definition) is 5. The maximum atomic E-state index is 6.11. The Bertz CT molecular complexity index is 871. The van der Waals surface area contributed by atoms with E-state index in [9.17, 15) is 0 Å². The molecule has 3 aromatic rings. The second kappa shape index (κ2) is 7.35. The van der Waals surface area contributed by atoms with Crippen molar-refractivity contribution < 1.29 is 4.74 Å². The molecule has 134 valence electrons. The van der Waals surface area contributed by atoms with Crippen LogP contribution in [0, 0.1) is 0 Å². The third kappa shape index (κ3) is 3.58. The predicted octanol–water partition coefficient (Wildman–Crippen LogP) is 3.89. The third-order valence-corrected chi connectivity index (χ3v) is 4.55. The van der Waals surface area contributed by atoms with E-state index in [1.54, 1.807) is 0 Å². The van der Waals surface area contributed by atoms with Gasteiger partial charge in [0, 0.05) is 18.8 Å². The van der Waals surface area contributed by atoms with E-state index < -0.39 is 0 Å². The highest BCUT2D eigenvalue weighted by Crippen LogP contribution is 2.28. The molecule has 0 aliphatic rings. The van der Waals surface area contributed by atoms with Crippen LogP contribution < -0.4 is 5.73 Å². The van der Waals surface area contributed by atoms with Crippen molar-refractivity contribution in [3.63, 3.8) is 0 Å². The molecule has 1 atom stereocenters. The summed E-state index contributed by atoms with van der Waals surface area (Å²) in [5.74, 6) is 0.866. The lowest BCUT2D eigenvalue weighted by Gasteiger charge is -2.12. The number of rotatable bonds is 7. The van der Waals surface area contributed by atoms with Gasteiger partial charge in [-0.25, -0.2) is 15.0 Å². The molecule has 1 unspecified atom stereocenters. The van der Waals surface area contributed by atoms with Gasteiger partial charge in [-0.2, -0.15) is 0 Å². The number of aryl methyl sites for hydroxylation is 1. The first-order chi connectivity index (χ1) is 12.0. The highest BCUT2D eigenvalue weighted by molar-refractivity contribution is 6.04. The van der Waals surface area contributed by atoms with Gasteiger partial charge in [0.2, 0.25) is 0 Å². The predicted molar refractivity (Wildman–Crippen MR) is 102 cm³/mol. The second-order valence-electron chi connectivity index (χ2n) is 6.82. The van der Waals surface area contributed by atoms with Crippen LogP contribution in [0.2, 0.25) is 0 Å². The monoisotopic (exact) mass is 341 g/mol. The molecule has 0 fully saturated rings. The van der Waals surface area contributed by atoms with Gasteiger partial charge in [-0.15, -0.1) is 0 Å². The summed E-state index contributed by atoms with van der Waals surface area (Å²) in [6, 6.07) is 4.06. The van der Waals surface area contributed by atoms with E-state index in [2.05, 4.69) is 28.4 Å². The van der Waals surface area contributed by atoms with Crippen LogP contribution in [-0.4, -0.2) is 32.2 Å². The number of aromatic nitrogens is 4. The van der Waals surface area contributed by atoms with Crippen LogP contribution in [0.5, 0.6) is 0 Å². The van der Waals surface area contributed by atoms with E-state index in [1.807, 2.05) is 32.3 Å². The zero-order valence-corrected chi connectivity index (χ0v) is 15.5. The molecule has 0 radical (unpaired) electrons. The Labute approximate surface area is 148 Å². The molecule has 0 saturated heterocycles. The molecule has 0 bridgehead atoms. The zero-order chi connectivity index (χ0) is 18.0. The minimum Gasteiger partial charge on any atom is -0.382 e. The first kappa shape index (κ1) is 17.6. The van der Waals surface area contributed by atoms with Crippen LogP contribution in [0.3, 0.4) is 0 Å². The largest absolute Gasteiger partial charge is 0.382 e. The van der Waals surface area contributed by atoms with Gasteiger partial charge in [-0.1, -0.05) is 13.8 Å². The van der Waals surface area contributed by atoms with Crippen LogP contribution in [0.4, 0.5) is 5.82 Å². The van der Waals surface area contributed by atoms with Gasteiger partial charge in [0.15, 0.2) is 5.82 Å². The smallest absolute Gasteiger partial charge is 0.152 e. The molecule has 0 amide bonds. The summed E-state index contributed by atoms with van der Waals surface area (Å²) in [6.45, 7) is 10.0. The van der Waals surface area contributed by atoms with E-state index in [-0.39, 0.29) is 6.10 Å². The van der Waals surface area contributed by atoms with Crippen LogP contribution in [0.1, 0.15) is 52.1 Å². The number of hydrogen-bond donors (Lipinski definition) is 1. The molecule has 3 aromatic heterocycles. The highest BCUT2D eigenvalue weighted by atomic mass is 16.5. The van der Waals surface area contributed by atoms with Crippen molar-refractivity contribution in [1.82, 2.24) is 19.5 Å². The van der Waals surface area contributed by atoms with Gasteiger partial charge in [0.05, 0.1) is 17.9 Å². The molecule has 3 heterocycles. The number of fused-ring (bicyclic) bond motifs is 3. The summed E-state index contributed by atoms with van der Waals surface area (Å²) < 4.78 is 7.76. The SMILES string of the molecule is CCC(C)c1ccc2nc(N)c3ncn(CCCOC(C)C)c3c2n1. The summed E-state index contributed by atoms with van der Waals surface area (Å²) in [6.07, 6.45) is 4.04. The molecule has 6 heteroatoms. The fourth-order valence-electron chi connectivity index (χ4n) is 2.94. The summed E-state index contributed by atoms with van der Waals surface area (Å²) in [5, 5.41) is 0. The molecule has 0 aromatic carbocycles. The first-order valence-corrected chi connectivity index (χ1v) is 9.03. The molecule has 2 N–H and O–H groups in total. The molecule has 0 saturated carbocycles. The minimum atomic E-state index is 0.250. The Balaban J connectivity index is 2.03. The normalized spacial score (nSPS) is 13.2. The molecule has 0 aliphatic heterocycles. The summed E-state index contributed by atoms with van der Waals surface area (Å²) in [7, 11) is 0. The summed E-state index contributed by atoms with van der Waals surface area (Å²) in [4.78, 5) is 13.8. The Kier molecular flexibility index (Phi) is 5.18. The van der Waals surface area contributed by atoms with Crippen molar-refractivity contribution in [1.29, 1.82) is 0 Å². The van der Waals surface area contributed by atoms with E-state index in [1.165, 1.54) is 0 Å². The van der Waals surface area contributed by atoms with E-state index in [0.29, 0.717) is 11.7 Å². The molecule has 6 nitrogen and oxygen atoms in total. The van der Waals surface area contributed by atoms with Gasteiger partial charge in [0.25, 0.3) is 0 Å². The maximum Gasteiger partial charge on any atom is 0.152 e. The molecule has 25 heavy (non-hydrogen) atoms. The first-order valence-electron chi connectivity index (χ1n) is 9.03. The van der Waals surface area contributed by atoms with Crippen molar-refractivity contribution in [2.45, 2.75) is 59.1 Å². The molecule has 3 rings (SSSR count). The van der Waals surface area contributed by atoms with Crippen LogP contribution >= 0.6 is 0 Å². The van der Waals surface area contributed by atoms with Gasteiger partial charge in [-0.05, 0) is 44.7 Å². The van der Waals surface area contributed by atoms with E-state index in [0.717, 1.165) is 53.8 Å². The van der Waals surface area contributed by atoms with Gasteiger partial charge >= 0.3 is 0 Å². The molecule has 0 spiro atoms. The topological polar surface area (TPSA) is 78.8 Å². The van der Waals surface area contributed by atoms with Crippen LogP contribution in [0.25, 0.3) is 22.1 Å². The Morgan fingerprint density at radius 1 is 1.16 bits per heavy atom. The zero-order valence-electron chi connectivity index (χ0n) is 15.5. The number of nitrogen functional groups attached to an aromatic ring is 1. The molecule has 0 aliphatic carbocycles. The summed E-state index contributed by atoms with van der Waals surface area (Å²) in [5.41, 5.74) is 10.6. The quantitative estimate of drug-likeness (QED) is 0.660. The average molecular weight is 341 g/mol. The van der Waals surface area contributed by atoms with Crippen LogP contribution in [-0.2, 0) is 11.3 Å². The van der Waals surface area contributed by atoms with Crippen molar-refractivity contribution in [2.24, 2.45) is 0 Å². The molecular weight excluding hydrogens is 314 g/mol. The second-order valence-corrected chi connectivity index (χ2v) is 6.82.